The Bertz CT molecular complexity index is 988. The minimum absolute atomic E-state index is 0.193. The molecule has 0 N–H and O–H groups in total. The van der Waals surface area contributed by atoms with Crippen LogP contribution in [0.15, 0.2) is 51.8 Å². The molecular formula is C20H16BrNO5S. The van der Waals surface area contributed by atoms with Crippen molar-refractivity contribution in [3.63, 3.8) is 0 Å². The number of amides is 2. The molecule has 1 heterocycles. The van der Waals surface area contributed by atoms with E-state index >= 15 is 0 Å². The van der Waals surface area contributed by atoms with E-state index in [1.54, 1.807) is 24.3 Å². The van der Waals surface area contributed by atoms with Crippen LogP contribution in [0.4, 0.5) is 4.79 Å². The second-order valence-corrected chi connectivity index (χ2v) is 7.71. The van der Waals surface area contributed by atoms with Crippen LogP contribution >= 0.6 is 27.7 Å². The Hall–Kier alpha value is -2.58. The van der Waals surface area contributed by atoms with Crippen LogP contribution in [0.1, 0.15) is 18.1 Å². The number of rotatable bonds is 5. The summed E-state index contributed by atoms with van der Waals surface area (Å²) in [5, 5.41) is -0.324. The molecule has 0 aliphatic carbocycles. The van der Waals surface area contributed by atoms with Gasteiger partial charge in [-0.05, 0) is 47.2 Å². The average Bonchev–Trinajstić information content (AvgIpc) is 2.91. The third-order valence-corrected chi connectivity index (χ3v) is 5.58. The lowest BCUT2D eigenvalue weighted by molar-refractivity contribution is -0.132. The molecule has 1 saturated heterocycles. The summed E-state index contributed by atoms with van der Waals surface area (Å²) in [5.41, 5.74) is 1.50. The molecule has 0 spiro atoms. The number of halogens is 1. The number of carbonyl (C=O) groups is 3. The Kier molecular flexibility index (Phi) is 6.21. The van der Waals surface area contributed by atoms with Crippen LogP contribution in [0.25, 0.3) is 6.08 Å². The largest absolute Gasteiger partial charge is 0.493 e. The van der Waals surface area contributed by atoms with Gasteiger partial charge in [0.2, 0.25) is 0 Å². The van der Waals surface area contributed by atoms with Crippen LogP contribution < -0.4 is 9.47 Å². The second-order valence-electron chi connectivity index (χ2n) is 5.86. The van der Waals surface area contributed by atoms with Gasteiger partial charge >= 0.3 is 5.97 Å². The van der Waals surface area contributed by atoms with E-state index in [1.807, 2.05) is 24.3 Å². The maximum absolute atomic E-state index is 12.7. The van der Waals surface area contributed by atoms with Gasteiger partial charge in [-0.15, -0.1) is 0 Å². The Morgan fingerprint density at radius 3 is 2.61 bits per heavy atom. The lowest BCUT2D eigenvalue weighted by Crippen LogP contribution is -2.27. The maximum Gasteiger partial charge on any atom is 0.308 e. The molecule has 0 unspecified atom stereocenters. The van der Waals surface area contributed by atoms with Gasteiger partial charge in [-0.2, -0.15) is 0 Å². The summed E-state index contributed by atoms with van der Waals surface area (Å²) in [7, 11) is 1.46. The third kappa shape index (κ3) is 4.45. The molecule has 144 valence electrons. The van der Waals surface area contributed by atoms with Crippen molar-refractivity contribution in [2.75, 3.05) is 7.11 Å². The zero-order valence-electron chi connectivity index (χ0n) is 15.1. The summed E-state index contributed by atoms with van der Waals surface area (Å²) in [6.45, 7) is 1.49. The van der Waals surface area contributed by atoms with Gasteiger partial charge in [0.15, 0.2) is 11.5 Å². The maximum atomic E-state index is 12.7. The molecule has 0 radical (unpaired) electrons. The molecule has 1 aliphatic heterocycles. The van der Waals surface area contributed by atoms with E-state index in [1.165, 1.54) is 18.9 Å². The summed E-state index contributed by atoms with van der Waals surface area (Å²) < 4.78 is 11.1. The second kappa shape index (κ2) is 8.62. The highest BCUT2D eigenvalue weighted by Crippen LogP contribution is 2.35. The number of methoxy groups -OCH3 is 1. The summed E-state index contributed by atoms with van der Waals surface area (Å²) >= 11 is 4.32. The summed E-state index contributed by atoms with van der Waals surface area (Å²) in [6, 6.07) is 12.3. The Morgan fingerprint density at radius 1 is 1.18 bits per heavy atom. The van der Waals surface area contributed by atoms with Crippen molar-refractivity contribution in [1.29, 1.82) is 0 Å². The van der Waals surface area contributed by atoms with E-state index in [-0.39, 0.29) is 23.4 Å². The Morgan fingerprint density at radius 2 is 1.93 bits per heavy atom. The first-order chi connectivity index (χ1) is 13.4. The van der Waals surface area contributed by atoms with Gasteiger partial charge < -0.3 is 9.47 Å². The Balaban J connectivity index is 1.83. The third-order valence-electron chi connectivity index (χ3n) is 3.90. The average molecular weight is 462 g/mol. The highest BCUT2D eigenvalue weighted by molar-refractivity contribution is 9.10. The van der Waals surface area contributed by atoms with E-state index < -0.39 is 5.97 Å². The number of thioether (sulfide) groups is 1. The van der Waals surface area contributed by atoms with Gasteiger partial charge in [0.25, 0.3) is 11.1 Å². The smallest absolute Gasteiger partial charge is 0.308 e. The number of nitrogens with zero attached hydrogens (tertiary/aromatic N) is 1. The minimum Gasteiger partial charge on any atom is -0.493 e. The monoisotopic (exact) mass is 461 g/mol. The van der Waals surface area contributed by atoms with Crippen LogP contribution in [0.3, 0.4) is 0 Å². The first-order valence-corrected chi connectivity index (χ1v) is 9.85. The predicted molar refractivity (Wildman–Crippen MR) is 110 cm³/mol. The van der Waals surface area contributed by atoms with E-state index in [2.05, 4.69) is 15.9 Å². The van der Waals surface area contributed by atoms with Crippen LogP contribution in [-0.2, 0) is 16.1 Å². The van der Waals surface area contributed by atoms with Crippen molar-refractivity contribution in [3.05, 3.63) is 63.0 Å². The van der Waals surface area contributed by atoms with Gasteiger partial charge in [0.1, 0.15) is 0 Å². The summed E-state index contributed by atoms with van der Waals surface area (Å²) in [6.07, 6.45) is 1.62. The van der Waals surface area contributed by atoms with E-state index in [9.17, 15) is 14.4 Å². The molecule has 8 heteroatoms. The van der Waals surface area contributed by atoms with Gasteiger partial charge in [0, 0.05) is 11.4 Å². The molecule has 0 saturated carbocycles. The SMILES string of the molecule is COc1cc(/C=C2\SC(=O)N(Cc3ccccc3Br)C2=O)ccc1OC(C)=O. The molecule has 1 fully saturated rings. The van der Waals surface area contributed by atoms with Gasteiger partial charge in [-0.1, -0.05) is 40.2 Å². The fourth-order valence-electron chi connectivity index (χ4n) is 2.60. The van der Waals surface area contributed by atoms with Crippen LogP contribution in [0.2, 0.25) is 0 Å². The van der Waals surface area contributed by atoms with E-state index in [0.717, 1.165) is 21.8 Å². The first-order valence-electron chi connectivity index (χ1n) is 8.24. The predicted octanol–water partition coefficient (Wildman–Crippen LogP) is 4.62. The topological polar surface area (TPSA) is 72.9 Å². The molecule has 0 aromatic heterocycles. The van der Waals surface area contributed by atoms with Crippen molar-refractivity contribution in [3.8, 4) is 11.5 Å². The fourth-order valence-corrected chi connectivity index (χ4v) is 3.85. The minimum atomic E-state index is -0.459. The number of hydrogen-bond donors (Lipinski definition) is 0. The van der Waals surface area contributed by atoms with Gasteiger partial charge in [0.05, 0.1) is 18.6 Å². The first kappa shape index (κ1) is 20.2. The van der Waals surface area contributed by atoms with Gasteiger partial charge in [-0.25, -0.2) is 0 Å². The molecule has 2 aromatic rings. The normalized spacial score (nSPS) is 15.2. The summed E-state index contributed by atoms with van der Waals surface area (Å²) in [4.78, 5) is 37.7. The van der Waals surface area contributed by atoms with Crippen LogP contribution in [0, 0.1) is 0 Å². The van der Waals surface area contributed by atoms with E-state index in [0.29, 0.717) is 16.2 Å². The molecule has 2 aromatic carbocycles. The fraction of sp³-hybridized carbons (Fsp3) is 0.150. The van der Waals surface area contributed by atoms with Crippen molar-refractivity contribution in [2.24, 2.45) is 0 Å². The van der Waals surface area contributed by atoms with E-state index in [4.69, 9.17) is 9.47 Å². The molecule has 3 rings (SSSR count). The van der Waals surface area contributed by atoms with Crippen molar-refractivity contribution >= 4 is 50.9 Å². The lowest BCUT2D eigenvalue weighted by Gasteiger charge is -2.13. The highest BCUT2D eigenvalue weighted by atomic mass is 79.9. The van der Waals surface area contributed by atoms with Crippen LogP contribution in [-0.4, -0.2) is 29.1 Å². The molecule has 28 heavy (non-hydrogen) atoms. The molecule has 0 bridgehead atoms. The zero-order chi connectivity index (χ0) is 20.3. The number of hydrogen-bond acceptors (Lipinski definition) is 6. The number of imide groups is 1. The summed E-state index contributed by atoms with van der Waals surface area (Å²) in [5.74, 6) is -0.168. The van der Waals surface area contributed by atoms with Crippen molar-refractivity contribution in [2.45, 2.75) is 13.5 Å². The molecule has 2 amide bonds. The van der Waals surface area contributed by atoms with Crippen molar-refractivity contribution in [1.82, 2.24) is 4.90 Å². The number of ether oxygens (including phenoxy) is 2. The molecule has 1 aliphatic rings. The van der Waals surface area contributed by atoms with Crippen LogP contribution in [0.5, 0.6) is 11.5 Å². The lowest BCUT2D eigenvalue weighted by atomic mass is 10.1. The van der Waals surface area contributed by atoms with Crippen molar-refractivity contribution < 1.29 is 23.9 Å². The number of carbonyl (C=O) groups excluding carboxylic acids is 3. The standard InChI is InChI=1S/C20H16BrNO5S/c1-12(23)27-16-8-7-13(9-17(16)26-2)10-18-19(24)22(20(25)28-18)11-14-5-3-4-6-15(14)21/h3-10H,11H2,1-2H3/b18-10-. The molecular weight excluding hydrogens is 446 g/mol. The molecule has 6 nitrogen and oxygen atoms in total. The van der Waals surface area contributed by atoms with Gasteiger partial charge in [-0.3, -0.25) is 19.3 Å². The molecule has 0 atom stereocenters. The number of esters is 1. The zero-order valence-corrected chi connectivity index (χ0v) is 17.5. The number of benzene rings is 2. The highest BCUT2D eigenvalue weighted by Gasteiger charge is 2.35. The Labute approximate surface area is 174 Å². The quantitative estimate of drug-likeness (QED) is 0.367.